The van der Waals surface area contributed by atoms with Gasteiger partial charge in [0.05, 0.1) is 25.0 Å². The number of rotatable bonds is 5. The van der Waals surface area contributed by atoms with Gasteiger partial charge in [0, 0.05) is 5.03 Å². The molecule has 4 heteroatoms. The van der Waals surface area contributed by atoms with Crippen LogP contribution in [0.15, 0.2) is 23.3 Å². The lowest BCUT2D eigenvalue weighted by Crippen LogP contribution is -2.56. The third kappa shape index (κ3) is 3.66. The summed E-state index contributed by atoms with van der Waals surface area (Å²) in [5.74, 6) is 2.80. The highest BCUT2D eigenvalue weighted by atomic mass is 127. The van der Waals surface area contributed by atoms with Crippen molar-refractivity contribution in [3.05, 3.63) is 23.3 Å². The van der Waals surface area contributed by atoms with E-state index in [0.29, 0.717) is 5.03 Å². The molecule has 0 saturated carbocycles. The zero-order valence-electron chi connectivity index (χ0n) is 10.8. The molecule has 0 heterocycles. The standard InChI is InChI=1S/C14H19Cl2IN/c1-4-9-18(5-2,6-3)11-14(17)8-7-12(15)10-13(14)16/h1,7-8,10,13H,5-6,9,11H2,2-3H3/q+1. The Morgan fingerprint density at radius 2 is 2.11 bits per heavy atom. The molecule has 1 nitrogen and oxygen atoms in total. The molecule has 0 aromatic rings. The molecule has 0 aromatic carbocycles. The molecule has 1 rings (SSSR count). The van der Waals surface area contributed by atoms with Gasteiger partial charge in [-0.15, -0.1) is 18.0 Å². The van der Waals surface area contributed by atoms with Crippen molar-refractivity contribution in [3.8, 4) is 12.3 Å². The third-order valence-electron chi connectivity index (χ3n) is 3.63. The van der Waals surface area contributed by atoms with E-state index in [-0.39, 0.29) is 8.80 Å². The Bertz CT molecular complexity index is 393. The first-order valence-electron chi connectivity index (χ1n) is 6.09. The van der Waals surface area contributed by atoms with Crippen LogP contribution < -0.4 is 0 Å². The second-order valence-corrected chi connectivity index (χ2v) is 7.62. The first kappa shape index (κ1) is 16.4. The van der Waals surface area contributed by atoms with Crippen LogP contribution in [0.5, 0.6) is 0 Å². The molecule has 0 radical (unpaired) electrons. The lowest BCUT2D eigenvalue weighted by Gasteiger charge is -2.42. The van der Waals surface area contributed by atoms with Gasteiger partial charge in [0.1, 0.15) is 9.97 Å². The summed E-state index contributed by atoms with van der Waals surface area (Å²) in [6.45, 7) is 8.06. The molecule has 2 atom stereocenters. The van der Waals surface area contributed by atoms with Gasteiger partial charge in [-0.05, 0) is 31.9 Å². The first-order chi connectivity index (χ1) is 8.41. The van der Waals surface area contributed by atoms with E-state index in [4.69, 9.17) is 29.6 Å². The number of hydrogen-bond acceptors (Lipinski definition) is 0. The summed E-state index contributed by atoms with van der Waals surface area (Å²) < 4.78 is 0.763. The van der Waals surface area contributed by atoms with Crippen LogP contribution in [-0.4, -0.2) is 39.5 Å². The zero-order chi connectivity index (χ0) is 13.8. The molecule has 1 aliphatic carbocycles. The van der Waals surface area contributed by atoms with Gasteiger partial charge in [0.15, 0.2) is 0 Å². The van der Waals surface area contributed by atoms with Crippen LogP contribution >= 0.6 is 45.8 Å². The number of allylic oxidation sites excluding steroid dienone is 3. The number of terminal acetylenes is 1. The van der Waals surface area contributed by atoms with E-state index < -0.39 is 0 Å². The van der Waals surface area contributed by atoms with Crippen LogP contribution in [0.4, 0.5) is 0 Å². The fraction of sp³-hybridized carbons (Fsp3) is 0.571. The molecule has 2 unspecified atom stereocenters. The van der Waals surface area contributed by atoms with Crippen LogP contribution in [0.25, 0.3) is 0 Å². The van der Waals surface area contributed by atoms with Crippen LogP contribution in [-0.2, 0) is 0 Å². The molecule has 1 aliphatic rings. The highest BCUT2D eigenvalue weighted by Gasteiger charge is 2.41. The lowest BCUT2D eigenvalue weighted by atomic mass is 9.98. The first-order valence-corrected chi connectivity index (χ1v) is 7.99. The Kier molecular flexibility index (Phi) is 6.05. The van der Waals surface area contributed by atoms with Crippen LogP contribution in [0.2, 0.25) is 0 Å². The maximum absolute atomic E-state index is 6.46. The average Bonchev–Trinajstić information content (AvgIpc) is 2.34. The van der Waals surface area contributed by atoms with Crippen molar-refractivity contribution in [1.29, 1.82) is 0 Å². The summed E-state index contributed by atoms with van der Waals surface area (Å²) in [5.41, 5.74) is 0. The van der Waals surface area contributed by atoms with Gasteiger partial charge in [-0.1, -0.05) is 40.3 Å². The van der Waals surface area contributed by atoms with Gasteiger partial charge in [0.25, 0.3) is 0 Å². The minimum absolute atomic E-state index is 0.0935. The number of nitrogens with zero attached hydrogens (tertiary/aromatic N) is 1. The normalized spacial score (nSPS) is 27.8. The number of hydrogen-bond donors (Lipinski definition) is 0. The van der Waals surface area contributed by atoms with Crippen molar-refractivity contribution in [2.75, 3.05) is 26.2 Å². The maximum atomic E-state index is 6.46. The van der Waals surface area contributed by atoms with Gasteiger partial charge in [-0.2, -0.15) is 0 Å². The Morgan fingerprint density at radius 3 is 2.56 bits per heavy atom. The van der Waals surface area contributed by atoms with Gasteiger partial charge in [-0.3, -0.25) is 0 Å². The monoisotopic (exact) mass is 398 g/mol. The van der Waals surface area contributed by atoms with Gasteiger partial charge in [-0.25, -0.2) is 0 Å². The molecule has 0 bridgehead atoms. The van der Waals surface area contributed by atoms with Crippen molar-refractivity contribution < 1.29 is 4.48 Å². The van der Waals surface area contributed by atoms with Crippen LogP contribution in [0, 0.1) is 12.3 Å². The van der Waals surface area contributed by atoms with E-state index in [1.54, 1.807) is 0 Å². The molecule has 0 N–H and O–H groups in total. The molecular weight excluding hydrogens is 380 g/mol. The fourth-order valence-corrected chi connectivity index (χ4v) is 3.83. The SMILES string of the molecule is C#CC[N+](CC)(CC)CC1(I)C=CC(Cl)=CC1Cl. The average molecular weight is 399 g/mol. The highest BCUT2D eigenvalue weighted by molar-refractivity contribution is 14.1. The largest absolute Gasteiger partial charge is 0.313 e. The number of alkyl halides is 2. The minimum Gasteiger partial charge on any atom is -0.313 e. The van der Waals surface area contributed by atoms with Crippen LogP contribution in [0.3, 0.4) is 0 Å². The molecular formula is C14H19Cl2IN+. The minimum atomic E-state index is -0.124. The van der Waals surface area contributed by atoms with Gasteiger partial charge < -0.3 is 4.48 Å². The van der Waals surface area contributed by atoms with Crippen molar-refractivity contribution in [3.63, 3.8) is 0 Å². The molecule has 0 aromatic heterocycles. The maximum Gasteiger partial charge on any atom is 0.140 e. The van der Waals surface area contributed by atoms with E-state index in [1.165, 1.54) is 0 Å². The molecule has 0 amide bonds. The second kappa shape index (κ2) is 6.65. The number of quaternary nitrogens is 1. The topological polar surface area (TPSA) is 0 Å². The Morgan fingerprint density at radius 1 is 1.50 bits per heavy atom. The van der Waals surface area contributed by atoms with E-state index in [9.17, 15) is 0 Å². The van der Waals surface area contributed by atoms with Gasteiger partial charge in [0.2, 0.25) is 0 Å². The molecule has 18 heavy (non-hydrogen) atoms. The molecule has 100 valence electrons. The second-order valence-electron chi connectivity index (χ2n) is 4.71. The highest BCUT2D eigenvalue weighted by Crippen LogP contribution is 2.37. The predicted octanol–water partition coefficient (Wildman–Crippen LogP) is 3.95. The summed E-state index contributed by atoms with van der Waals surface area (Å²) in [6, 6.07) is 0. The van der Waals surface area contributed by atoms with Crippen molar-refractivity contribution in [1.82, 2.24) is 0 Å². The summed E-state index contributed by atoms with van der Waals surface area (Å²) in [6.07, 6.45) is 11.5. The van der Waals surface area contributed by atoms with Crippen molar-refractivity contribution in [2.24, 2.45) is 0 Å². The van der Waals surface area contributed by atoms with Crippen molar-refractivity contribution >= 4 is 45.8 Å². The Labute approximate surface area is 134 Å². The Hall–Kier alpha value is 0.310. The quantitative estimate of drug-likeness (QED) is 0.284. The molecule has 0 aliphatic heterocycles. The van der Waals surface area contributed by atoms with Crippen molar-refractivity contribution in [2.45, 2.75) is 22.6 Å². The summed E-state index contributed by atoms with van der Waals surface area (Å²) in [4.78, 5) is 0. The van der Waals surface area contributed by atoms with E-state index in [1.807, 2.05) is 12.2 Å². The molecule has 0 fully saturated rings. The fourth-order valence-electron chi connectivity index (χ4n) is 2.22. The van der Waals surface area contributed by atoms with Gasteiger partial charge >= 0.3 is 0 Å². The molecule has 0 spiro atoms. The smallest absolute Gasteiger partial charge is 0.140 e. The number of halogens is 3. The third-order valence-corrected chi connectivity index (χ3v) is 6.14. The lowest BCUT2D eigenvalue weighted by molar-refractivity contribution is -0.918. The van der Waals surface area contributed by atoms with Crippen LogP contribution in [0.1, 0.15) is 13.8 Å². The zero-order valence-corrected chi connectivity index (χ0v) is 14.5. The summed E-state index contributed by atoms with van der Waals surface area (Å²) >= 11 is 14.9. The Balaban J connectivity index is 2.94. The van der Waals surface area contributed by atoms with E-state index in [0.717, 1.165) is 30.7 Å². The summed E-state index contributed by atoms with van der Waals surface area (Å²) in [5, 5.41) is 0.620. The van der Waals surface area contributed by atoms with E-state index >= 15 is 0 Å². The van der Waals surface area contributed by atoms with E-state index in [2.05, 4.69) is 48.4 Å². The summed E-state index contributed by atoms with van der Waals surface area (Å²) in [7, 11) is 0. The molecule has 0 saturated heterocycles. The predicted molar refractivity (Wildman–Crippen MR) is 89.4 cm³/mol.